The van der Waals surface area contributed by atoms with Crippen LogP contribution in [0.4, 0.5) is 0 Å². The number of hydrogen-bond acceptors (Lipinski definition) is 5. The zero-order valence-corrected chi connectivity index (χ0v) is 13.6. The summed E-state index contributed by atoms with van der Waals surface area (Å²) in [4.78, 5) is 35.4. The third-order valence-electron chi connectivity index (χ3n) is 3.27. The third kappa shape index (κ3) is 3.72. The summed E-state index contributed by atoms with van der Waals surface area (Å²) in [5.41, 5.74) is 6.98. The van der Waals surface area contributed by atoms with E-state index in [9.17, 15) is 9.59 Å². The number of aromatic amines is 1. The smallest absolute Gasteiger partial charge is 0.269 e. The number of rotatable bonds is 4. The number of H-pyrrole nitrogens is 1. The van der Waals surface area contributed by atoms with E-state index >= 15 is 0 Å². The van der Waals surface area contributed by atoms with Crippen molar-refractivity contribution < 1.29 is 9.59 Å². The molecule has 0 radical (unpaired) electrons. The maximum absolute atomic E-state index is 12.1. The molecule has 24 heavy (non-hydrogen) atoms. The molecule has 2 aromatic heterocycles. The van der Waals surface area contributed by atoms with Crippen LogP contribution in [-0.4, -0.2) is 32.0 Å². The van der Waals surface area contributed by atoms with Crippen molar-refractivity contribution in [2.45, 2.75) is 17.3 Å². The minimum atomic E-state index is -0.427. The Kier molecular flexibility index (Phi) is 4.76. The van der Waals surface area contributed by atoms with Gasteiger partial charge < -0.3 is 4.98 Å². The molecule has 0 saturated carbocycles. The first kappa shape index (κ1) is 16.0. The van der Waals surface area contributed by atoms with Crippen molar-refractivity contribution >= 4 is 34.6 Å². The summed E-state index contributed by atoms with van der Waals surface area (Å²) in [6.07, 6.45) is 3.02. The fourth-order valence-corrected chi connectivity index (χ4v) is 2.82. The van der Waals surface area contributed by atoms with E-state index in [0.29, 0.717) is 10.7 Å². The van der Waals surface area contributed by atoms with Gasteiger partial charge in [0.15, 0.2) is 5.16 Å². The summed E-state index contributed by atoms with van der Waals surface area (Å²) >= 11 is 1.28. The molecule has 2 heterocycles. The number of nitrogens with zero attached hydrogens (tertiary/aromatic N) is 2. The average molecular weight is 341 g/mol. The molecule has 7 nitrogen and oxygen atoms in total. The molecule has 0 fully saturated rings. The Balaban J connectivity index is 1.55. The van der Waals surface area contributed by atoms with Gasteiger partial charge in [-0.2, -0.15) is 0 Å². The van der Waals surface area contributed by atoms with E-state index in [4.69, 9.17) is 0 Å². The molecule has 2 amide bonds. The van der Waals surface area contributed by atoms with Gasteiger partial charge in [0.25, 0.3) is 11.8 Å². The summed E-state index contributed by atoms with van der Waals surface area (Å²) in [7, 11) is 0. The van der Waals surface area contributed by atoms with Crippen LogP contribution in [0.15, 0.2) is 53.9 Å². The Bertz CT molecular complexity index is 832. The number of amides is 2. The van der Waals surface area contributed by atoms with Crippen LogP contribution in [0, 0.1) is 0 Å². The number of aromatic nitrogens is 3. The first-order valence-corrected chi connectivity index (χ1v) is 8.13. The lowest BCUT2D eigenvalue weighted by atomic mass is 10.3. The lowest BCUT2D eigenvalue weighted by Gasteiger charge is -2.11. The number of nitrogens with one attached hydrogen (secondary N) is 3. The second-order valence-electron chi connectivity index (χ2n) is 5.00. The molecule has 0 aliphatic heterocycles. The fourth-order valence-electron chi connectivity index (χ4n) is 2.00. The maximum atomic E-state index is 12.1. The summed E-state index contributed by atoms with van der Waals surface area (Å²) in [6, 6.07) is 10.8. The predicted molar refractivity (Wildman–Crippen MR) is 91.3 cm³/mol. The van der Waals surface area contributed by atoms with Crippen molar-refractivity contribution in [1.29, 1.82) is 0 Å². The van der Waals surface area contributed by atoms with Crippen LogP contribution in [0.2, 0.25) is 0 Å². The molecule has 3 aromatic rings. The second kappa shape index (κ2) is 7.14. The van der Waals surface area contributed by atoms with Crippen molar-refractivity contribution in [3.8, 4) is 0 Å². The second-order valence-corrected chi connectivity index (χ2v) is 6.33. The fraction of sp³-hybridized carbons (Fsp3) is 0.125. The van der Waals surface area contributed by atoms with E-state index < -0.39 is 11.2 Å². The van der Waals surface area contributed by atoms with Crippen LogP contribution >= 0.6 is 11.8 Å². The maximum Gasteiger partial charge on any atom is 0.269 e. The minimum Gasteiger partial charge on any atom is -0.333 e. The molecule has 1 aromatic carbocycles. The van der Waals surface area contributed by atoms with Crippen molar-refractivity contribution in [2.75, 3.05) is 0 Å². The first-order valence-electron chi connectivity index (χ1n) is 7.25. The molecular formula is C16H15N5O2S. The Hall–Kier alpha value is -2.87. The lowest BCUT2D eigenvalue weighted by Crippen LogP contribution is -2.44. The van der Waals surface area contributed by atoms with Gasteiger partial charge in [-0.1, -0.05) is 23.9 Å². The molecule has 0 bridgehead atoms. The largest absolute Gasteiger partial charge is 0.333 e. The van der Waals surface area contributed by atoms with Gasteiger partial charge in [0.1, 0.15) is 0 Å². The molecule has 1 atom stereocenters. The quantitative estimate of drug-likeness (QED) is 0.497. The standard InChI is InChI=1S/C16H15N5O2S/c1-10(24-16-18-12-4-2-3-5-13(12)19-16)14(22)20-21-15(23)11-6-8-17-9-7-11/h2-10H,1H3,(H,18,19)(H,20,22)(H,21,23)/t10-/m0/s1. The topological polar surface area (TPSA) is 99.8 Å². The Labute approximate surface area is 142 Å². The molecule has 0 unspecified atom stereocenters. The van der Waals surface area contributed by atoms with Crippen molar-refractivity contribution in [3.63, 3.8) is 0 Å². The van der Waals surface area contributed by atoms with Crippen molar-refractivity contribution in [2.24, 2.45) is 0 Å². The van der Waals surface area contributed by atoms with E-state index in [1.165, 1.54) is 24.2 Å². The molecule has 0 aliphatic carbocycles. The summed E-state index contributed by atoms with van der Waals surface area (Å²) in [6.45, 7) is 1.74. The van der Waals surface area contributed by atoms with Crippen LogP contribution in [-0.2, 0) is 4.79 Å². The van der Waals surface area contributed by atoms with Crippen LogP contribution in [0.1, 0.15) is 17.3 Å². The van der Waals surface area contributed by atoms with Gasteiger partial charge in [0, 0.05) is 18.0 Å². The normalized spacial score (nSPS) is 11.9. The molecule has 0 aliphatic rings. The monoisotopic (exact) mass is 341 g/mol. The molecule has 3 rings (SSSR count). The number of para-hydroxylation sites is 2. The third-order valence-corrected chi connectivity index (χ3v) is 4.25. The molecule has 122 valence electrons. The zero-order valence-electron chi connectivity index (χ0n) is 12.8. The number of imidazole rings is 1. The summed E-state index contributed by atoms with van der Waals surface area (Å²) in [5.74, 6) is -0.713. The van der Waals surface area contributed by atoms with Gasteiger partial charge >= 0.3 is 0 Å². The first-order chi connectivity index (χ1) is 11.6. The molecule has 0 spiro atoms. The molecule has 3 N–H and O–H groups in total. The number of benzene rings is 1. The van der Waals surface area contributed by atoms with Crippen molar-refractivity contribution in [1.82, 2.24) is 25.8 Å². The Morgan fingerprint density at radius 1 is 1.12 bits per heavy atom. The molecular weight excluding hydrogens is 326 g/mol. The number of fused-ring (bicyclic) bond motifs is 1. The van der Waals surface area contributed by atoms with Crippen LogP contribution in [0.25, 0.3) is 11.0 Å². The van der Waals surface area contributed by atoms with Gasteiger partial charge in [-0.15, -0.1) is 0 Å². The van der Waals surface area contributed by atoms with E-state index in [2.05, 4.69) is 25.8 Å². The SMILES string of the molecule is C[C@H](Sc1nc2ccccc2[nH]1)C(=O)NNC(=O)c1ccncc1. The van der Waals surface area contributed by atoms with E-state index in [1.54, 1.807) is 19.1 Å². The molecule has 8 heteroatoms. The number of hydrazine groups is 1. The Morgan fingerprint density at radius 2 is 1.88 bits per heavy atom. The van der Waals surface area contributed by atoms with Crippen LogP contribution in [0.5, 0.6) is 0 Å². The summed E-state index contributed by atoms with van der Waals surface area (Å²) < 4.78 is 0. The highest BCUT2D eigenvalue weighted by Crippen LogP contribution is 2.23. The highest BCUT2D eigenvalue weighted by atomic mass is 32.2. The average Bonchev–Trinajstić information content (AvgIpc) is 3.02. The van der Waals surface area contributed by atoms with Gasteiger partial charge in [-0.3, -0.25) is 25.4 Å². The number of carbonyl (C=O) groups is 2. The summed E-state index contributed by atoms with van der Waals surface area (Å²) in [5, 5.41) is 0.225. The lowest BCUT2D eigenvalue weighted by molar-refractivity contribution is -0.121. The zero-order chi connectivity index (χ0) is 16.9. The highest BCUT2D eigenvalue weighted by Gasteiger charge is 2.17. The van der Waals surface area contributed by atoms with Gasteiger partial charge in [0.05, 0.1) is 16.3 Å². The van der Waals surface area contributed by atoms with Crippen molar-refractivity contribution in [3.05, 3.63) is 54.4 Å². The van der Waals surface area contributed by atoms with Crippen LogP contribution < -0.4 is 10.9 Å². The minimum absolute atomic E-state index is 0.317. The number of pyridine rings is 1. The molecule has 0 saturated heterocycles. The highest BCUT2D eigenvalue weighted by molar-refractivity contribution is 8.00. The number of hydrogen-bond donors (Lipinski definition) is 3. The van der Waals surface area contributed by atoms with Crippen LogP contribution in [0.3, 0.4) is 0 Å². The Morgan fingerprint density at radius 3 is 2.62 bits per heavy atom. The van der Waals surface area contributed by atoms with E-state index in [0.717, 1.165) is 11.0 Å². The van der Waals surface area contributed by atoms with E-state index in [-0.39, 0.29) is 5.91 Å². The number of thioether (sulfide) groups is 1. The van der Waals surface area contributed by atoms with Gasteiger partial charge in [-0.05, 0) is 31.2 Å². The number of carbonyl (C=O) groups excluding carboxylic acids is 2. The predicted octanol–water partition coefficient (Wildman–Crippen LogP) is 1.90. The van der Waals surface area contributed by atoms with Gasteiger partial charge in [0.2, 0.25) is 0 Å². The van der Waals surface area contributed by atoms with Gasteiger partial charge in [-0.25, -0.2) is 4.98 Å². The van der Waals surface area contributed by atoms with E-state index in [1.807, 2.05) is 24.3 Å².